The highest BCUT2D eigenvalue weighted by molar-refractivity contribution is 7.98. The molecule has 0 bridgehead atoms. The van der Waals surface area contributed by atoms with Gasteiger partial charge in [0.2, 0.25) is 0 Å². The molecule has 0 aliphatic heterocycles. The fourth-order valence-electron chi connectivity index (χ4n) is 1.09. The van der Waals surface area contributed by atoms with Gasteiger partial charge in [-0.3, -0.25) is 0 Å². The zero-order chi connectivity index (χ0) is 8.55. The molecule has 0 aromatic carbocycles. The van der Waals surface area contributed by atoms with Crippen LogP contribution in [-0.2, 0) is 0 Å². The number of hydrogen-bond donors (Lipinski definition) is 1. The molecular weight excluding hydrogens is 170 g/mol. The minimum Gasteiger partial charge on any atom is -0.384 e. The molecule has 1 heterocycles. The molecule has 1 fully saturated rings. The molecule has 2 rings (SSSR count). The van der Waals surface area contributed by atoms with Gasteiger partial charge in [0.15, 0.2) is 0 Å². The highest BCUT2D eigenvalue weighted by Crippen LogP contribution is 2.38. The Morgan fingerprint density at radius 3 is 2.83 bits per heavy atom. The van der Waals surface area contributed by atoms with Gasteiger partial charge in [0.25, 0.3) is 0 Å². The van der Waals surface area contributed by atoms with Crippen molar-refractivity contribution in [1.29, 1.82) is 0 Å². The summed E-state index contributed by atoms with van der Waals surface area (Å²) in [5, 5.41) is 0.976. The smallest absolute Gasteiger partial charge is 0.135 e. The monoisotopic (exact) mass is 181 g/mol. The fraction of sp³-hybridized carbons (Fsp3) is 0.500. The molecule has 0 saturated heterocycles. The summed E-state index contributed by atoms with van der Waals surface area (Å²) in [5.41, 5.74) is 5.64. The zero-order valence-corrected chi connectivity index (χ0v) is 7.77. The van der Waals surface area contributed by atoms with Crippen LogP contribution in [0, 0.1) is 0 Å². The topological polar surface area (TPSA) is 51.8 Å². The van der Waals surface area contributed by atoms with Crippen LogP contribution < -0.4 is 5.73 Å². The molecular formula is C8H11N3S. The Morgan fingerprint density at radius 2 is 2.25 bits per heavy atom. The molecule has 3 nitrogen and oxygen atoms in total. The van der Waals surface area contributed by atoms with Crippen molar-refractivity contribution in [3.05, 3.63) is 11.9 Å². The van der Waals surface area contributed by atoms with Gasteiger partial charge in [-0.15, -0.1) is 11.8 Å². The van der Waals surface area contributed by atoms with E-state index in [1.807, 2.05) is 12.3 Å². The molecule has 0 amide bonds. The SMILES string of the molecule is CSc1cc(N)nc(C2CC2)n1. The van der Waals surface area contributed by atoms with E-state index in [9.17, 15) is 0 Å². The third-order valence-corrected chi connectivity index (χ3v) is 2.52. The van der Waals surface area contributed by atoms with E-state index >= 15 is 0 Å². The molecule has 0 atom stereocenters. The summed E-state index contributed by atoms with van der Waals surface area (Å²) >= 11 is 1.61. The quantitative estimate of drug-likeness (QED) is 0.557. The van der Waals surface area contributed by atoms with Gasteiger partial charge in [-0.1, -0.05) is 0 Å². The molecule has 0 spiro atoms. The van der Waals surface area contributed by atoms with Crippen LogP contribution >= 0.6 is 11.8 Å². The van der Waals surface area contributed by atoms with E-state index in [0.717, 1.165) is 10.9 Å². The second kappa shape index (κ2) is 2.94. The second-order valence-corrected chi connectivity index (χ2v) is 3.79. The van der Waals surface area contributed by atoms with Gasteiger partial charge < -0.3 is 5.73 Å². The predicted molar refractivity (Wildman–Crippen MR) is 50.2 cm³/mol. The lowest BCUT2D eigenvalue weighted by Crippen LogP contribution is -1.98. The summed E-state index contributed by atoms with van der Waals surface area (Å²) in [6.45, 7) is 0. The lowest BCUT2D eigenvalue weighted by atomic mass is 10.4. The Kier molecular flexibility index (Phi) is 1.92. The summed E-state index contributed by atoms with van der Waals surface area (Å²) in [6.07, 6.45) is 4.44. The first-order valence-electron chi connectivity index (χ1n) is 3.98. The largest absolute Gasteiger partial charge is 0.384 e. The summed E-state index contributed by atoms with van der Waals surface area (Å²) in [6, 6.07) is 1.82. The predicted octanol–water partition coefficient (Wildman–Crippen LogP) is 1.66. The molecule has 12 heavy (non-hydrogen) atoms. The molecule has 1 aromatic rings. The first kappa shape index (κ1) is 7.86. The molecule has 64 valence electrons. The van der Waals surface area contributed by atoms with Crippen LogP contribution in [0.3, 0.4) is 0 Å². The Morgan fingerprint density at radius 1 is 1.50 bits per heavy atom. The van der Waals surface area contributed by atoms with Crippen molar-refractivity contribution in [3.8, 4) is 0 Å². The third kappa shape index (κ3) is 1.53. The Bertz CT molecular complexity index is 296. The molecule has 2 N–H and O–H groups in total. The van der Waals surface area contributed by atoms with Gasteiger partial charge in [0, 0.05) is 12.0 Å². The summed E-state index contributed by atoms with van der Waals surface area (Å²) < 4.78 is 0. The van der Waals surface area contributed by atoms with Crippen molar-refractivity contribution >= 4 is 17.6 Å². The number of aromatic nitrogens is 2. The fourth-order valence-corrected chi connectivity index (χ4v) is 1.51. The molecule has 1 aromatic heterocycles. The molecule has 4 heteroatoms. The number of nitrogens with two attached hydrogens (primary N) is 1. The maximum atomic E-state index is 5.64. The van der Waals surface area contributed by atoms with Crippen molar-refractivity contribution < 1.29 is 0 Å². The number of hydrogen-bond acceptors (Lipinski definition) is 4. The summed E-state index contributed by atoms with van der Waals surface area (Å²) in [4.78, 5) is 8.58. The van der Waals surface area contributed by atoms with E-state index < -0.39 is 0 Å². The summed E-state index contributed by atoms with van der Waals surface area (Å²) in [7, 11) is 0. The van der Waals surface area contributed by atoms with Crippen molar-refractivity contribution in [2.24, 2.45) is 0 Å². The van der Waals surface area contributed by atoms with Crippen molar-refractivity contribution in [2.45, 2.75) is 23.8 Å². The van der Waals surface area contributed by atoms with E-state index in [1.165, 1.54) is 12.8 Å². The highest BCUT2D eigenvalue weighted by Gasteiger charge is 2.26. The standard InChI is InChI=1S/C8H11N3S/c1-12-7-4-6(9)10-8(11-7)5-2-3-5/h4-5H,2-3H2,1H3,(H2,9,10,11). The van der Waals surface area contributed by atoms with Gasteiger partial charge >= 0.3 is 0 Å². The van der Waals surface area contributed by atoms with Crippen LogP contribution in [0.1, 0.15) is 24.6 Å². The number of nitrogens with zero attached hydrogens (tertiary/aromatic N) is 2. The van der Waals surface area contributed by atoms with E-state index in [2.05, 4.69) is 9.97 Å². The Balaban J connectivity index is 2.34. The Labute approximate surface area is 75.8 Å². The molecule has 0 unspecified atom stereocenters. The first-order chi connectivity index (χ1) is 5.79. The maximum Gasteiger partial charge on any atom is 0.135 e. The zero-order valence-electron chi connectivity index (χ0n) is 6.95. The second-order valence-electron chi connectivity index (χ2n) is 2.97. The van der Waals surface area contributed by atoms with Crippen molar-refractivity contribution in [2.75, 3.05) is 12.0 Å². The van der Waals surface area contributed by atoms with Crippen molar-refractivity contribution in [3.63, 3.8) is 0 Å². The molecule has 1 aliphatic carbocycles. The van der Waals surface area contributed by atoms with Crippen LogP contribution in [0.25, 0.3) is 0 Å². The molecule has 0 radical (unpaired) electrons. The number of rotatable bonds is 2. The van der Waals surface area contributed by atoms with Crippen LogP contribution in [0.5, 0.6) is 0 Å². The third-order valence-electron chi connectivity index (χ3n) is 1.89. The molecule has 1 aliphatic rings. The van der Waals surface area contributed by atoms with Crippen LogP contribution in [0.15, 0.2) is 11.1 Å². The van der Waals surface area contributed by atoms with E-state index in [4.69, 9.17) is 5.73 Å². The van der Waals surface area contributed by atoms with E-state index in [-0.39, 0.29) is 0 Å². The van der Waals surface area contributed by atoms with Gasteiger partial charge in [-0.25, -0.2) is 9.97 Å². The average molecular weight is 181 g/mol. The highest BCUT2D eigenvalue weighted by atomic mass is 32.2. The van der Waals surface area contributed by atoms with Crippen molar-refractivity contribution in [1.82, 2.24) is 9.97 Å². The summed E-state index contributed by atoms with van der Waals surface area (Å²) in [5.74, 6) is 2.11. The minimum atomic E-state index is 0.583. The Hall–Kier alpha value is -0.770. The average Bonchev–Trinajstić information content (AvgIpc) is 2.85. The molecule has 1 saturated carbocycles. The number of thioether (sulfide) groups is 1. The first-order valence-corrected chi connectivity index (χ1v) is 5.20. The lowest BCUT2D eigenvalue weighted by Gasteiger charge is -2.01. The van der Waals surface area contributed by atoms with Crippen LogP contribution in [0.2, 0.25) is 0 Å². The normalized spacial score (nSPS) is 16.4. The van der Waals surface area contributed by atoms with E-state index in [1.54, 1.807) is 11.8 Å². The van der Waals surface area contributed by atoms with Gasteiger partial charge in [-0.2, -0.15) is 0 Å². The van der Waals surface area contributed by atoms with Gasteiger partial charge in [0.05, 0.1) is 0 Å². The maximum absolute atomic E-state index is 5.64. The van der Waals surface area contributed by atoms with E-state index in [0.29, 0.717) is 11.7 Å². The number of nitrogen functional groups attached to an aromatic ring is 1. The van der Waals surface area contributed by atoms with Crippen LogP contribution in [-0.4, -0.2) is 16.2 Å². The van der Waals surface area contributed by atoms with Gasteiger partial charge in [0.1, 0.15) is 16.7 Å². The van der Waals surface area contributed by atoms with Gasteiger partial charge in [-0.05, 0) is 19.1 Å². The minimum absolute atomic E-state index is 0.583. The lowest BCUT2D eigenvalue weighted by molar-refractivity contribution is 0.884. The van der Waals surface area contributed by atoms with Crippen LogP contribution in [0.4, 0.5) is 5.82 Å². The number of anilines is 1.